The summed E-state index contributed by atoms with van der Waals surface area (Å²) in [7, 11) is 1.64. The lowest BCUT2D eigenvalue weighted by Crippen LogP contribution is -2.03. The summed E-state index contributed by atoms with van der Waals surface area (Å²) in [6, 6.07) is 8.16. The summed E-state index contributed by atoms with van der Waals surface area (Å²) in [5.41, 5.74) is 0.853. The third kappa shape index (κ3) is 1.40. The van der Waals surface area contributed by atoms with Crippen LogP contribution in [0.5, 0.6) is 5.75 Å². The third-order valence-electron chi connectivity index (χ3n) is 2.66. The molecule has 0 spiro atoms. The number of ether oxygens (including phenoxy) is 1. The summed E-state index contributed by atoms with van der Waals surface area (Å²) in [5, 5.41) is 9.06. The Bertz CT molecular complexity index is 404. The SMILES string of the molecule is COc1ccc(C2(C#N)CC2)c(Br)c1. The molecule has 14 heavy (non-hydrogen) atoms. The van der Waals surface area contributed by atoms with Crippen LogP contribution in [0.2, 0.25) is 0 Å². The molecule has 0 radical (unpaired) electrons. The maximum Gasteiger partial charge on any atom is 0.120 e. The second-order valence-electron chi connectivity index (χ2n) is 3.54. The van der Waals surface area contributed by atoms with E-state index in [-0.39, 0.29) is 5.41 Å². The molecule has 0 N–H and O–H groups in total. The van der Waals surface area contributed by atoms with Crippen molar-refractivity contribution in [3.05, 3.63) is 28.2 Å². The van der Waals surface area contributed by atoms with Gasteiger partial charge in [0, 0.05) is 4.47 Å². The number of halogens is 1. The zero-order chi connectivity index (χ0) is 10.2. The molecule has 1 aromatic carbocycles. The van der Waals surface area contributed by atoms with Gasteiger partial charge in [0.2, 0.25) is 0 Å². The van der Waals surface area contributed by atoms with E-state index in [4.69, 9.17) is 10.00 Å². The van der Waals surface area contributed by atoms with Crippen molar-refractivity contribution in [2.24, 2.45) is 0 Å². The van der Waals surface area contributed by atoms with Crippen LogP contribution in [0.1, 0.15) is 18.4 Å². The number of benzene rings is 1. The normalized spacial score (nSPS) is 17.2. The van der Waals surface area contributed by atoms with E-state index in [1.54, 1.807) is 7.11 Å². The van der Waals surface area contributed by atoms with E-state index in [1.165, 1.54) is 0 Å². The van der Waals surface area contributed by atoms with Gasteiger partial charge < -0.3 is 4.74 Å². The molecule has 1 fully saturated rings. The van der Waals surface area contributed by atoms with Crippen LogP contribution in [-0.4, -0.2) is 7.11 Å². The first-order valence-electron chi connectivity index (χ1n) is 4.47. The van der Waals surface area contributed by atoms with Crippen LogP contribution in [-0.2, 0) is 5.41 Å². The Morgan fingerprint density at radius 1 is 1.50 bits per heavy atom. The zero-order valence-electron chi connectivity index (χ0n) is 7.88. The van der Waals surface area contributed by atoms with E-state index in [1.807, 2.05) is 18.2 Å². The molecule has 0 unspecified atom stereocenters. The van der Waals surface area contributed by atoms with Crippen LogP contribution < -0.4 is 4.74 Å². The number of rotatable bonds is 2. The van der Waals surface area contributed by atoms with Crippen molar-refractivity contribution in [2.75, 3.05) is 7.11 Å². The lowest BCUT2D eigenvalue weighted by Gasteiger charge is -2.10. The molecule has 0 aliphatic heterocycles. The first kappa shape index (κ1) is 9.54. The molecule has 2 rings (SSSR count). The van der Waals surface area contributed by atoms with Crippen molar-refractivity contribution in [2.45, 2.75) is 18.3 Å². The number of hydrogen-bond acceptors (Lipinski definition) is 2. The molecule has 1 aliphatic rings. The van der Waals surface area contributed by atoms with E-state index in [9.17, 15) is 0 Å². The van der Waals surface area contributed by atoms with Gasteiger partial charge in [-0.05, 0) is 30.5 Å². The Morgan fingerprint density at radius 2 is 2.21 bits per heavy atom. The van der Waals surface area contributed by atoms with Gasteiger partial charge in [-0.3, -0.25) is 0 Å². The van der Waals surface area contributed by atoms with Gasteiger partial charge >= 0.3 is 0 Å². The zero-order valence-corrected chi connectivity index (χ0v) is 9.47. The summed E-state index contributed by atoms with van der Waals surface area (Å²) in [5.74, 6) is 0.814. The summed E-state index contributed by atoms with van der Waals surface area (Å²) in [4.78, 5) is 0. The van der Waals surface area contributed by atoms with E-state index in [0.717, 1.165) is 28.6 Å². The van der Waals surface area contributed by atoms with Gasteiger partial charge in [-0.1, -0.05) is 22.0 Å². The van der Waals surface area contributed by atoms with Crippen molar-refractivity contribution in [1.29, 1.82) is 5.26 Å². The molecule has 1 aliphatic carbocycles. The predicted octanol–water partition coefficient (Wildman–Crippen LogP) is 3.01. The van der Waals surface area contributed by atoms with Crippen molar-refractivity contribution >= 4 is 15.9 Å². The van der Waals surface area contributed by atoms with E-state index in [0.29, 0.717) is 0 Å². The molecule has 1 saturated carbocycles. The monoisotopic (exact) mass is 251 g/mol. The molecule has 0 amide bonds. The number of nitriles is 1. The highest BCUT2D eigenvalue weighted by atomic mass is 79.9. The molecule has 0 bridgehead atoms. The van der Waals surface area contributed by atoms with Crippen molar-refractivity contribution in [3.8, 4) is 11.8 Å². The molecule has 0 saturated heterocycles. The van der Waals surface area contributed by atoms with Gasteiger partial charge in [0.1, 0.15) is 5.75 Å². The summed E-state index contributed by atoms with van der Waals surface area (Å²) in [6.07, 6.45) is 1.93. The quantitative estimate of drug-likeness (QED) is 0.810. The van der Waals surface area contributed by atoms with Gasteiger partial charge in [-0.2, -0.15) is 5.26 Å². The van der Waals surface area contributed by atoms with Crippen molar-refractivity contribution < 1.29 is 4.74 Å². The molecule has 0 heterocycles. The van der Waals surface area contributed by atoms with Crippen LogP contribution in [0, 0.1) is 11.3 Å². The van der Waals surface area contributed by atoms with E-state index >= 15 is 0 Å². The molecular formula is C11H10BrNO. The molecule has 3 heteroatoms. The average molecular weight is 252 g/mol. The lowest BCUT2D eigenvalue weighted by atomic mass is 9.98. The van der Waals surface area contributed by atoms with Gasteiger partial charge in [0.05, 0.1) is 18.6 Å². The minimum Gasteiger partial charge on any atom is -0.497 e. The number of methoxy groups -OCH3 is 1. The van der Waals surface area contributed by atoms with Gasteiger partial charge in [-0.15, -0.1) is 0 Å². The van der Waals surface area contributed by atoms with E-state index < -0.39 is 0 Å². The standard InChI is InChI=1S/C11H10BrNO/c1-14-8-2-3-9(10(12)6-8)11(7-13)4-5-11/h2-3,6H,4-5H2,1H3. The average Bonchev–Trinajstić information content (AvgIpc) is 2.98. The fourth-order valence-corrected chi connectivity index (χ4v) is 2.31. The molecule has 0 atom stereocenters. The van der Waals surface area contributed by atoms with Crippen LogP contribution in [0.25, 0.3) is 0 Å². The minimum atomic E-state index is -0.231. The van der Waals surface area contributed by atoms with Gasteiger partial charge in [0.15, 0.2) is 0 Å². The van der Waals surface area contributed by atoms with Crippen LogP contribution in [0.15, 0.2) is 22.7 Å². The molecule has 1 aromatic rings. The first-order valence-corrected chi connectivity index (χ1v) is 5.26. The second kappa shape index (κ2) is 3.29. The highest BCUT2D eigenvalue weighted by Crippen LogP contribution is 2.50. The molecule has 0 aromatic heterocycles. The fourth-order valence-electron chi connectivity index (χ4n) is 1.58. The van der Waals surface area contributed by atoms with E-state index in [2.05, 4.69) is 22.0 Å². The second-order valence-corrected chi connectivity index (χ2v) is 4.39. The largest absolute Gasteiger partial charge is 0.497 e. The highest BCUT2D eigenvalue weighted by molar-refractivity contribution is 9.10. The Hall–Kier alpha value is -1.01. The van der Waals surface area contributed by atoms with Crippen LogP contribution >= 0.6 is 15.9 Å². The summed E-state index contributed by atoms with van der Waals surface area (Å²) < 4.78 is 6.07. The highest BCUT2D eigenvalue weighted by Gasteiger charge is 2.46. The van der Waals surface area contributed by atoms with Gasteiger partial charge in [0.25, 0.3) is 0 Å². The smallest absolute Gasteiger partial charge is 0.120 e. The predicted molar refractivity (Wildman–Crippen MR) is 57.2 cm³/mol. The van der Waals surface area contributed by atoms with Crippen LogP contribution in [0.3, 0.4) is 0 Å². The van der Waals surface area contributed by atoms with Crippen LogP contribution in [0.4, 0.5) is 0 Å². The lowest BCUT2D eigenvalue weighted by molar-refractivity contribution is 0.414. The Balaban J connectivity index is 2.42. The Kier molecular flexibility index (Phi) is 2.24. The first-order chi connectivity index (χ1) is 6.72. The summed E-state index contributed by atoms with van der Waals surface area (Å²) >= 11 is 3.47. The topological polar surface area (TPSA) is 33.0 Å². The number of hydrogen-bond donors (Lipinski definition) is 0. The Morgan fingerprint density at radius 3 is 2.64 bits per heavy atom. The fraction of sp³-hybridized carbons (Fsp3) is 0.364. The minimum absolute atomic E-state index is 0.231. The molecule has 72 valence electrons. The number of nitrogens with zero attached hydrogens (tertiary/aromatic N) is 1. The third-order valence-corrected chi connectivity index (χ3v) is 3.31. The van der Waals surface area contributed by atoms with Crippen molar-refractivity contribution in [1.82, 2.24) is 0 Å². The summed E-state index contributed by atoms with van der Waals surface area (Å²) in [6.45, 7) is 0. The maximum absolute atomic E-state index is 9.06. The molecular weight excluding hydrogens is 242 g/mol. The maximum atomic E-state index is 9.06. The van der Waals surface area contributed by atoms with Gasteiger partial charge in [-0.25, -0.2) is 0 Å². The van der Waals surface area contributed by atoms with Crippen molar-refractivity contribution in [3.63, 3.8) is 0 Å². The Labute approximate surface area is 91.6 Å². The molecule has 2 nitrogen and oxygen atoms in total.